The fourth-order valence-corrected chi connectivity index (χ4v) is 2.46. The number of esters is 2. The van der Waals surface area contributed by atoms with Crippen molar-refractivity contribution in [2.75, 3.05) is 13.2 Å². The van der Waals surface area contributed by atoms with Gasteiger partial charge in [-0.1, -0.05) is 54.6 Å². The van der Waals surface area contributed by atoms with Crippen molar-refractivity contribution in [1.29, 1.82) is 0 Å². The van der Waals surface area contributed by atoms with Crippen molar-refractivity contribution in [3.63, 3.8) is 0 Å². The molecule has 0 aliphatic heterocycles. The summed E-state index contributed by atoms with van der Waals surface area (Å²) < 4.78 is 15.9. The third-order valence-corrected chi connectivity index (χ3v) is 3.83. The molecule has 0 heterocycles. The zero-order valence-electron chi connectivity index (χ0n) is 15.7. The molecule has 29 heavy (non-hydrogen) atoms. The van der Waals surface area contributed by atoms with E-state index in [4.69, 9.17) is 14.2 Å². The van der Waals surface area contributed by atoms with Crippen molar-refractivity contribution in [3.05, 3.63) is 102 Å². The Morgan fingerprint density at radius 2 is 1.45 bits per heavy atom. The van der Waals surface area contributed by atoms with E-state index < -0.39 is 11.9 Å². The van der Waals surface area contributed by atoms with Crippen LogP contribution in [0.15, 0.2) is 91.0 Å². The molecular weight excluding hydrogens is 368 g/mol. The van der Waals surface area contributed by atoms with E-state index in [2.05, 4.69) is 0 Å². The van der Waals surface area contributed by atoms with Crippen LogP contribution < -0.4 is 9.47 Å². The minimum Gasteiger partial charge on any atom is -0.490 e. The number of benzene rings is 3. The van der Waals surface area contributed by atoms with Gasteiger partial charge in [-0.25, -0.2) is 9.59 Å². The first kappa shape index (κ1) is 19.9. The minimum absolute atomic E-state index is 0.109. The van der Waals surface area contributed by atoms with Gasteiger partial charge in [-0.2, -0.15) is 0 Å². The molecule has 3 aromatic carbocycles. The van der Waals surface area contributed by atoms with Gasteiger partial charge in [0.25, 0.3) is 0 Å². The minimum atomic E-state index is -0.532. The molecule has 0 bridgehead atoms. The van der Waals surface area contributed by atoms with Crippen LogP contribution in [0.4, 0.5) is 0 Å². The zero-order valence-corrected chi connectivity index (χ0v) is 15.7. The highest BCUT2D eigenvalue weighted by atomic mass is 16.6. The Labute approximate surface area is 169 Å². The highest BCUT2D eigenvalue weighted by Crippen LogP contribution is 2.15. The van der Waals surface area contributed by atoms with E-state index in [9.17, 15) is 9.59 Å². The van der Waals surface area contributed by atoms with Gasteiger partial charge in [-0.15, -0.1) is 0 Å². The van der Waals surface area contributed by atoms with E-state index in [1.54, 1.807) is 24.3 Å². The van der Waals surface area contributed by atoms with Gasteiger partial charge in [0.1, 0.15) is 24.7 Å². The molecular formula is C24H20O5. The third kappa shape index (κ3) is 6.66. The van der Waals surface area contributed by atoms with Crippen LogP contribution in [-0.4, -0.2) is 25.2 Å². The highest BCUT2D eigenvalue weighted by Gasteiger charge is 2.10. The van der Waals surface area contributed by atoms with Crippen LogP contribution in [0.5, 0.6) is 11.5 Å². The second kappa shape index (κ2) is 10.5. The lowest BCUT2D eigenvalue weighted by atomic mass is 10.2. The Bertz CT molecular complexity index is 965. The van der Waals surface area contributed by atoms with Crippen LogP contribution in [0, 0.1) is 0 Å². The molecule has 3 rings (SSSR count). The van der Waals surface area contributed by atoms with Crippen molar-refractivity contribution in [2.24, 2.45) is 0 Å². The molecule has 0 radical (unpaired) electrons. The summed E-state index contributed by atoms with van der Waals surface area (Å²) in [4.78, 5) is 24.1. The van der Waals surface area contributed by atoms with Crippen molar-refractivity contribution < 1.29 is 23.8 Å². The topological polar surface area (TPSA) is 61.8 Å². The summed E-state index contributed by atoms with van der Waals surface area (Å²) in [5.74, 6) is -0.0706. The number of carbonyl (C=O) groups is 2. The first-order valence-electron chi connectivity index (χ1n) is 9.11. The lowest BCUT2D eigenvalue weighted by Gasteiger charge is -2.08. The maximum absolute atomic E-state index is 12.2. The van der Waals surface area contributed by atoms with Crippen molar-refractivity contribution in [3.8, 4) is 11.5 Å². The summed E-state index contributed by atoms with van der Waals surface area (Å²) in [6.07, 6.45) is 2.99. The molecule has 0 N–H and O–H groups in total. The molecule has 0 aromatic heterocycles. The number of ether oxygens (including phenoxy) is 3. The molecule has 0 aliphatic carbocycles. The molecule has 0 unspecified atom stereocenters. The molecule has 0 saturated heterocycles. The lowest BCUT2D eigenvalue weighted by molar-refractivity contribution is -0.128. The van der Waals surface area contributed by atoms with Crippen LogP contribution in [0.2, 0.25) is 0 Å². The first-order valence-corrected chi connectivity index (χ1v) is 9.11. The monoisotopic (exact) mass is 388 g/mol. The fourth-order valence-electron chi connectivity index (χ4n) is 2.46. The van der Waals surface area contributed by atoms with Crippen molar-refractivity contribution in [1.82, 2.24) is 0 Å². The summed E-state index contributed by atoms with van der Waals surface area (Å²) in [5.41, 5.74) is 1.18. The van der Waals surface area contributed by atoms with E-state index in [0.29, 0.717) is 11.3 Å². The van der Waals surface area contributed by atoms with E-state index in [1.807, 2.05) is 60.7 Å². The predicted molar refractivity (Wildman–Crippen MR) is 110 cm³/mol. The largest absolute Gasteiger partial charge is 0.490 e. The highest BCUT2D eigenvalue weighted by molar-refractivity contribution is 5.91. The molecule has 0 amide bonds. The fraction of sp³-hybridized carbons (Fsp3) is 0.0833. The van der Waals surface area contributed by atoms with Gasteiger partial charge in [-0.3, -0.25) is 0 Å². The molecule has 3 aromatic rings. The van der Waals surface area contributed by atoms with E-state index >= 15 is 0 Å². The lowest BCUT2D eigenvalue weighted by Crippen LogP contribution is -2.12. The Morgan fingerprint density at radius 1 is 0.759 bits per heavy atom. The number of hydrogen-bond acceptors (Lipinski definition) is 5. The Morgan fingerprint density at radius 3 is 2.21 bits per heavy atom. The SMILES string of the molecule is O=C(/C=C/c1ccccc1)Oc1cccc(C(=O)OCCOc2ccccc2)c1. The van der Waals surface area contributed by atoms with Crippen molar-refractivity contribution in [2.45, 2.75) is 0 Å². The molecule has 0 spiro atoms. The summed E-state index contributed by atoms with van der Waals surface area (Å²) in [5, 5.41) is 0. The van der Waals surface area contributed by atoms with Gasteiger partial charge in [0, 0.05) is 6.08 Å². The molecule has 146 valence electrons. The number of hydrogen-bond donors (Lipinski definition) is 0. The van der Waals surface area contributed by atoms with Gasteiger partial charge >= 0.3 is 11.9 Å². The van der Waals surface area contributed by atoms with E-state index in [-0.39, 0.29) is 19.0 Å². The van der Waals surface area contributed by atoms with Gasteiger partial charge in [0.15, 0.2) is 0 Å². The molecule has 0 atom stereocenters. The standard InChI is InChI=1S/C24H20O5/c25-23(15-14-19-8-3-1-4-9-19)29-22-13-7-10-20(18-22)24(26)28-17-16-27-21-11-5-2-6-12-21/h1-15,18H,16-17H2/b15-14+. The second-order valence-electron chi connectivity index (χ2n) is 5.99. The molecule has 0 aliphatic rings. The third-order valence-electron chi connectivity index (χ3n) is 3.83. The Kier molecular flexibility index (Phi) is 7.18. The summed E-state index contributed by atoms with van der Waals surface area (Å²) in [7, 11) is 0. The smallest absolute Gasteiger partial charge is 0.338 e. The maximum atomic E-state index is 12.2. The quantitative estimate of drug-likeness (QED) is 0.245. The molecule has 5 heteroatoms. The summed E-state index contributed by atoms with van der Waals surface area (Å²) in [6.45, 7) is 0.353. The summed E-state index contributed by atoms with van der Waals surface area (Å²) >= 11 is 0. The van der Waals surface area contributed by atoms with Crippen LogP contribution in [0.25, 0.3) is 6.08 Å². The predicted octanol–water partition coefficient (Wildman–Crippen LogP) is 4.54. The van der Waals surface area contributed by atoms with Gasteiger partial charge in [0.05, 0.1) is 5.56 Å². The Balaban J connectivity index is 1.48. The Hall–Kier alpha value is -3.86. The number of para-hydroxylation sites is 1. The number of carbonyl (C=O) groups excluding carboxylic acids is 2. The molecule has 0 fully saturated rings. The van der Waals surface area contributed by atoms with Crippen LogP contribution in [0.3, 0.4) is 0 Å². The van der Waals surface area contributed by atoms with Gasteiger partial charge in [0.2, 0.25) is 0 Å². The first-order chi connectivity index (χ1) is 14.2. The molecule has 5 nitrogen and oxygen atoms in total. The zero-order chi connectivity index (χ0) is 20.3. The average Bonchev–Trinajstić information content (AvgIpc) is 2.77. The normalized spacial score (nSPS) is 10.5. The van der Waals surface area contributed by atoms with E-state index in [1.165, 1.54) is 12.1 Å². The summed E-state index contributed by atoms with van der Waals surface area (Å²) in [6, 6.07) is 25.0. The van der Waals surface area contributed by atoms with Gasteiger partial charge < -0.3 is 14.2 Å². The molecule has 0 saturated carbocycles. The van der Waals surface area contributed by atoms with Gasteiger partial charge in [-0.05, 0) is 42.0 Å². The number of rotatable bonds is 8. The van der Waals surface area contributed by atoms with E-state index in [0.717, 1.165) is 5.56 Å². The van der Waals surface area contributed by atoms with Crippen LogP contribution >= 0.6 is 0 Å². The maximum Gasteiger partial charge on any atom is 0.338 e. The van der Waals surface area contributed by atoms with Crippen molar-refractivity contribution >= 4 is 18.0 Å². The van der Waals surface area contributed by atoms with Crippen LogP contribution in [-0.2, 0) is 9.53 Å². The van der Waals surface area contributed by atoms with Crippen LogP contribution in [0.1, 0.15) is 15.9 Å². The second-order valence-corrected chi connectivity index (χ2v) is 5.99. The average molecular weight is 388 g/mol.